The molecule has 0 saturated carbocycles. The summed E-state index contributed by atoms with van der Waals surface area (Å²) in [5.74, 6) is 0.209. The van der Waals surface area contributed by atoms with Gasteiger partial charge in [-0.05, 0) is 25.0 Å². The maximum Gasteiger partial charge on any atom is 0.279 e. The third-order valence-electron chi connectivity index (χ3n) is 5.63. The van der Waals surface area contributed by atoms with Gasteiger partial charge in [0.2, 0.25) is 11.7 Å². The summed E-state index contributed by atoms with van der Waals surface area (Å²) in [7, 11) is 1.87. The van der Waals surface area contributed by atoms with Crippen LogP contribution in [0.15, 0.2) is 28.8 Å². The van der Waals surface area contributed by atoms with Crippen molar-refractivity contribution in [2.24, 2.45) is 13.0 Å². The first-order valence-electron chi connectivity index (χ1n) is 9.95. The molecule has 0 aliphatic carbocycles. The van der Waals surface area contributed by atoms with Gasteiger partial charge in [0.15, 0.2) is 5.69 Å². The van der Waals surface area contributed by atoms with Crippen LogP contribution in [0.4, 0.5) is 4.39 Å². The lowest BCUT2D eigenvalue weighted by Crippen LogP contribution is -2.39. The number of hydrogen-bond donors (Lipinski definition) is 0. The zero-order chi connectivity index (χ0) is 20.5. The van der Waals surface area contributed by atoms with E-state index in [-0.39, 0.29) is 29.1 Å². The van der Waals surface area contributed by atoms with Crippen LogP contribution in [0.3, 0.4) is 0 Å². The molecule has 8 heteroatoms. The standard InChI is InChI=1S/C21H24FN5O2/c1-4-13(5-2)21(28)27-11-10-17-15(12-27)18(24-26(17)3)20-23-19(25-29-20)14-8-6-7-9-16(14)22/h6-9,13H,4-5,10-12H2,1-3H3. The van der Waals surface area contributed by atoms with Crippen molar-refractivity contribution in [3.8, 4) is 23.0 Å². The van der Waals surface area contributed by atoms with Gasteiger partial charge < -0.3 is 9.42 Å². The summed E-state index contributed by atoms with van der Waals surface area (Å²) in [6, 6.07) is 6.29. The van der Waals surface area contributed by atoms with Gasteiger partial charge in [0, 0.05) is 43.7 Å². The summed E-state index contributed by atoms with van der Waals surface area (Å²) < 4.78 is 21.3. The van der Waals surface area contributed by atoms with Crippen LogP contribution in [0.1, 0.15) is 37.9 Å². The molecule has 0 spiro atoms. The smallest absolute Gasteiger partial charge is 0.279 e. The Hall–Kier alpha value is -3.03. The Bertz CT molecular complexity index is 1040. The number of carbonyl (C=O) groups is 1. The van der Waals surface area contributed by atoms with Crippen LogP contribution in [0, 0.1) is 11.7 Å². The Morgan fingerprint density at radius 1 is 1.28 bits per heavy atom. The molecule has 1 aromatic carbocycles. The molecular weight excluding hydrogens is 373 g/mol. The largest absolute Gasteiger partial charge is 0.338 e. The number of carbonyl (C=O) groups excluding carboxylic acids is 1. The summed E-state index contributed by atoms with van der Waals surface area (Å²) in [4.78, 5) is 19.1. The Balaban J connectivity index is 1.67. The van der Waals surface area contributed by atoms with Gasteiger partial charge in [0.25, 0.3) is 5.89 Å². The lowest BCUT2D eigenvalue weighted by molar-refractivity contribution is -0.136. The highest BCUT2D eigenvalue weighted by Gasteiger charge is 2.31. The molecule has 0 radical (unpaired) electrons. The van der Waals surface area contributed by atoms with Crippen LogP contribution in [0.5, 0.6) is 0 Å². The van der Waals surface area contributed by atoms with E-state index in [1.165, 1.54) is 6.07 Å². The number of hydrogen-bond acceptors (Lipinski definition) is 5. The van der Waals surface area contributed by atoms with Gasteiger partial charge in [-0.15, -0.1) is 0 Å². The molecule has 2 aromatic heterocycles. The van der Waals surface area contributed by atoms with Gasteiger partial charge in [-0.1, -0.05) is 31.1 Å². The number of rotatable bonds is 5. The molecule has 4 rings (SSSR count). The van der Waals surface area contributed by atoms with E-state index >= 15 is 0 Å². The Morgan fingerprint density at radius 2 is 2.03 bits per heavy atom. The molecule has 0 bridgehead atoms. The summed E-state index contributed by atoms with van der Waals surface area (Å²) >= 11 is 0. The number of nitrogens with zero attached hydrogens (tertiary/aromatic N) is 5. The zero-order valence-electron chi connectivity index (χ0n) is 16.9. The minimum atomic E-state index is -0.412. The van der Waals surface area contributed by atoms with Crippen molar-refractivity contribution in [2.45, 2.75) is 39.7 Å². The number of aryl methyl sites for hydroxylation is 1. The van der Waals surface area contributed by atoms with E-state index in [2.05, 4.69) is 15.2 Å². The van der Waals surface area contributed by atoms with Crippen molar-refractivity contribution in [3.63, 3.8) is 0 Å². The van der Waals surface area contributed by atoms with Gasteiger partial charge in [0.05, 0.1) is 5.56 Å². The average Bonchev–Trinajstić information content (AvgIpc) is 3.34. The van der Waals surface area contributed by atoms with Crippen LogP contribution in [-0.4, -0.2) is 37.3 Å². The van der Waals surface area contributed by atoms with E-state index in [0.717, 1.165) is 30.5 Å². The fourth-order valence-electron chi connectivity index (χ4n) is 3.92. The van der Waals surface area contributed by atoms with E-state index in [1.54, 1.807) is 22.9 Å². The molecule has 7 nitrogen and oxygen atoms in total. The Kier molecular flexibility index (Phi) is 5.17. The van der Waals surface area contributed by atoms with Crippen LogP contribution in [0.2, 0.25) is 0 Å². The molecule has 152 valence electrons. The third kappa shape index (κ3) is 3.43. The van der Waals surface area contributed by atoms with Crippen LogP contribution >= 0.6 is 0 Å². The van der Waals surface area contributed by atoms with Gasteiger partial charge >= 0.3 is 0 Å². The van der Waals surface area contributed by atoms with Crippen molar-refractivity contribution in [3.05, 3.63) is 41.3 Å². The van der Waals surface area contributed by atoms with Crippen molar-refractivity contribution >= 4 is 5.91 Å². The monoisotopic (exact) mass is 397 g/mol. The molecule has 3 aromatic rings. The fraction of sp³-hybridized carbons (Fsp3) is 0.429. The van der Waals surface area contributed by atoms with Crippen LogP contribution in [0.25, 0.3) is 23.0 Å². The highest BCUT2D eigenvalue weighted by molar-refractivity contribution is 5.79. The summed E-state index contributed by atoms with van der Waals surface area (Å²) in [5, 5.41) is 8.49. The lowest BCUT2D eigenvalue weighted by Gasteiger charge is -2.30. The maximum absolute atomic E-state index is 14.1. The second-order valence-corrected chi connectivity index (χ2v) is 7.32. The molecule has 1 amide bonds. The molecular formula is C21H24FN5O2. The second kappa shape index (κ2) is 7.77. The number of halogens is 1. The van der Waals surface area contributed by atoms with Crippen LogP contribution in [-0.2, 0) is 24.8 Å². The van der Waals surface area contributed by atoms with Crippen molar-refractivity contribution < 1.29 is 13.7 Å². The molecule has 0 fully saturated rings. The topological polar surface area (TPSA) is 77.1 Å². The van der Waals surface area contributed by atoms with Crippen molar-refractivity contribution in [1.29, 1.82) is 0 Å². The molecule has 1 aliphatic rings. The molecule has 0 N–H and O–H groups in total. The van der Waals surface area contributed by atoms with Crippen LogP contribution < -0.4 is 0 Å². The first-order valence-corrected chi connectivity index (χ1v) is 9.95. The van der Waals surface area contributed by atoms with Gasteiger partial charge in [-0.2, -0.15) is 10.1 Å². The molecule has 0 unspecified atom stereocenters. The van der Waals surface area contributed by atoms with E-state index in [1.807, 2.05) is 25.8 Å². The Morgan fingerprint density at radius 3 is 2.76 bits per heavy atom. The first kappa shape index (κ1) is 19.3. The third-order valence-corrected chi connectivity index (χ3v) is 5.63. The summed E-state index contributed by atoms with van der Waals surface area (Å²) in [5.41, 5.74) is 2.80. The second-order valence-electron chi connectivity index (χ2n) is 7.32. The minimum absolute atomic E-state index is 0.0349. The zero-order valence-corrected chi connectivity index (χ0v) is 16.9. The predicted octanol–water partition coefficient (Wildman–Crippen LogP) is 3.60. The molecule has 0 atom stereocenters. The maximum atomic E-state index is 14.1. The first-order chi connectivity index (χ1) is 14.0. The van der Waals surface area contributed by atoms with E-state index < -0.39 is 5.82 Å². The van der Waals surface area contributed by atoms with E-state index in [4.69, 9.17) is 4.52 Å². The lowest BCUT2D eigenvalue weighted by atomic mass is 9.98. The Labute approximate surface area is 168 Å². The van der Waals surface area contributed by atoms with E-state index in [9.17, 15) is 9.18 Å². The van der Waals surface area contributed by atoms with E-state index in [0.29, 0.717) is 18.8 Å². The predicted molar refractivity (Wildman–Crippen MR) is 105 cm³/mol. The fourth-order valence-corrected chi connectivity index (χ4v) is 3.92. The number of amides is 1. The SMILES string of the molecule is CCC(CC)C(=O)N1CCc2c(c(-c3nc(-c4ccccc4F)no3)nn2C)C1. The molecule has 3 heterocycles. The highest BCUT2D eigenvalue weighted by Crippen LogP contribution is 2.31. The number of aromatic nitrogens is 4. The van der Waals surface area contributed by atoms with Gasteiger partial charge in [-0.3, -0.25) is 9.48 Å². The summed E-state index contributed by atoms with van der Waals surface area (Å²) in [6.07, 6.45) is 2.38. The highest BCUT2D eigenvalue weighted by atomic mass is 19.1. The van der Waals surface area contributed by atoms with Crippen molar-refractivity contribution in [2.75, 3.05) is 6.54 Å². The molecule has 1 aliphatic heterocycles. The van der Waals surface area contributed by atoms with Crippen molar-refractivity contribution in [1.82, 2.24) is 24.8 Å². The number of benzene rings is 1. The quantitative estimate of drug-likeness (QED) is 0.657. The number of fused-ring (bicyclic) bond motifs is 1. The normalized spacial score (nSPS) is 13.8. The van der Waals surface area contributed by atoms with Gasteiger partial charge in [0.1, 0.15) is 5.82 Å². The minimum Gasteiger partial charge on any atom is -0.338 e. The molecule has 0 saturated heterocycles. The summed E-state index contributed by atoms with van der Waals surface area (Å²) in [6.45, 7) is 5.22. The molecule has 29 heavy (non-hydrogen) atoms. The van der Waals surface area contributed by atoms with Gasteiger partial charge in [-0.25, -0.2) is 4.39 Å². The average molecular weight is 397 g/mol.